The maximum Gasteiger partial charge on any atom is 0.265 e. The first kappa shape index (κ1) is 22.5. The van der Waals surface area contributed by atoms with Crippen LogP contribution in [-0.4, -0.2) is 39.5 Å². The lowest BCUT2D eigenvalue weighted by molar-refractivity contribution is -0.122. The molecule has 0 saturated heterocycles. The molecule has 2 aliphatic rings. The van der Waals surface area contributed by atoms with E-state index in [0.29, 0.717) is 53.1 Å². The zero-order valence-electron chi connectivity index (χ0n) is 18.5. The number of amides is 2. The smallest absolute Gasteiger partial charge is 0.265 e. The number of sulfonamides is 1. The van der Waals surface area contributed by atoms with Crippen molar-refractivity contribution in [3.8, 4) is 17.2 Å². The van der Waals surface area contributed by atoms with E-state index >= 15 is 0 Å². The summed E-state index contributed by atoms with van der Waals surface area (Å²) in [5.74, 6) is 0.713. The second-order valence-corrected chi connectivity index (χ2v) is 9.59. The summed E-state index contributed by atoms with van der Waals surface area (Å²) in [4.78, 5) is 24.5. The fourth-order valence-corrected chi connectivity index (χ4v) is 4.66. The number of nitrogens with one attached hydrogen (secondary N) is 3. The second kappa shape index (κ2) is 8.84. The molecule has 3 N–H and O–H groups in total. The van der Waals surface area contributed by atoms with Gasteiger partial charge in [0.05, 0.1) is 10.6 Å². The molecule has 0 saturated carbocycles. The Labute approximate surface area is 201 Å². The van der Waals surface area contributed by atoms with E-state index in [-0.39, 0.29) is 10.8 Å². The van der Waals surface area contributed by atoms with Crippen molar-refractivity contribution in [1.29, 1.82) is 0 Å². The van der Waals surface area contributed by atoms with Gasteiger partial charge in [-0.3, -0.25) is 14.3 Å². The average molecular weight is 496 g/mol. The van der Waals surface area contributed by atoms with Crippen molar-refractivity contribution < 1.29 is 32.2 Å². The zero-order chi connectivity index (χ0) is 24.6. The summed E-state index contributed by atoms with van der Waals surface area (Å²) in [5.41, 5.74) is 1.54. The number of rotatable bonds is 5. The molecule has 2 amide bonds. The first-order valence-electron chi connectivity index (χ1n) is 10.7. The molecule has 0 aromatic heterocycles. The lowest BCUT2D eigenvalue weighted by Crippen LogP contribution is -2.34. The second-order valence-electron chi connectivity index (χ2n) is 7.90. The third-order valence-electron chi connectivity index (χ3n) is 5.39. The molecule has 3 aromatic carbocycles. The van der Waals surface area contributed by atoms with E-state index in [1.54, 1.807) is 31.2 Å². The van der Waals surface area contributed by atoms with Crippen molar-refractivity contribution in [3.05, 3.63) is 66.2 Å². The Kier molecular flexibility index (Phi) is 5.69. The lowest BCUT2D eigenvalue weighted by atomic mass is 10.1. The van der Waals surface area contributed by atoms with E-state index in [0.717, 1.165) is 0 Å². The molecule has 0 radical (unpaired) electrons. The van der Waals surface area contributed by atoms with E-state index in [4.69, 9.17) is 14.2 Å². The summed E-state index contributed by atoms with van der Waals surface area (Å²) >= 11 is 0. The first-order chi connectivity index (χ1) is 16.8. The Morgan fingerprint density at radius 2 is 1.60 bits per heavy atom. The predicted molar refractivity (Wildman–Crippen MR) is 128 cm³/mol. The van der Waals surface area contributed by atoms with Gasteiger partial charge in [-0.25, -0.2) is 8.42 Å². The maximum absolute atomic E-state index is 12.8. The number of anilines is 3. The van der Waals surface area contributed by atoms with Gasteiger partial charge in [0.2, 0.25) is 0 Å². The van der Waals surface area contributed by atoms with Crippen LogP contribution in [0.5, 0.6) is 17.2 Å². The molecular formula is C24H21N3O7S. The van der Waals surface area contributed by atoms with E-state index in [1.807, 2.05) is 0 Å². The number of hydrogen-bond donors (Lipinski definition) is 3. The lowest BCUT2D eigenvalue weighted by Gasteiger charge is -2.23. The maximum atomic E-state index is 12.8. The van der Waals surface area contributed by atoms with Crippen LogP contribution in [0, 0.1) is 0 Å². The average Bonchev–Trinajstić information content (AvgIpc) is 2.85. The number of fused-ring (bicyclic) bond motifs is 2. The molecule has 11 heteroatoms. The monoisotopic (exact) mass is 495 g/mol. The predicted octanol–water partition coefficient (Wildman–Crippen LogP) is 3.23. The van der Waals surface area contributed by atoms with Crippen LogP contribution < -0.4 is 29.6 Å². The first-order valence-corrected chi connectivity index (χ1v) is 12.2. The van der Waals surface area contributed by atoms with Gasteiger partial charge in [0, 0.05) is 23.0 Å². The van der Waals surface area contributed by atoms with Crippen molar-refractivity contribution in [2.75, 3.05) is 28.6 Å². The van der Waals surface area contributed by atoms with Crippen LogP contribution in [0.4, 0.5) is 17.1 Å². The molecule has 1 atom stereocenters. The molecule has 2 heterocycles. The minimum Gasteiger partial charge on any atom is -0.486 e. The Bertz CT molecular complexity index is 1420. The quantitative estimate of drug-likeness (QED) is 0.495. The standard InChI is InChI=1S/C24H21N3O7S/c1-14-23(28)26-19-12-17(6-8-20(19)34-14)25-24(29)15-2-4-16(5-3-15)27-35(30,31)18-7-9-21-22(13-18)33-11-10-32-21/h2-9,12-14,27H,10-11H2,1H3,(H,25,29)(H,26,28)/t14-/m1/s1. The summed E-state index contributed by atoms with van der Waals surface area (Å²) < 4.78 is 44.4. The van der Waals surface area contributed by atoms with Crippen molar-refractivity contribution in [1.82, 2.24) is 0 Å². The normalized spacial score (nSPS) is 16.4. The van der Waals surface area contributed by atoms with Crippen molar-refractivity contribution in [2.24, 2.45) is 0 Å². The number of benzene rings is 3. The molecule has 0 bridgehead atoms. The van der Waals surface area contributed by atoms with Crippen LogP contribution in [0.25, 0.3) is 0 Å². The van der Waals surface area contributed by atoms with Crippen molar-refractivity contribution in [2.45, 2.75) is 17.9 Å². The molecule has 3 aromatic rings. The third kappa shape index (κ3) is 4.71. The van der Waals surface area contributed by atoms with E-state index in [2.05, 4.69) is 15.4 Å². The van der Waals surface area contributed by atoms with Gasteiger partial charge in [0.15, 0.2) is 17.6 Å². The highest BCUT2D eigenvalue weighted by Gasteiger charge is 2.24. The van der Waals surface area contributed by atoms with Gasteiger partial charge in [0.1, 0.15) is 19.0 Å². The van der Waals surface area contributed by atoms with Crippen LogP contribution >= 0.6 is 0 Å². The van der Waals surface area contributed by atoms with Crippen LogP contribution in [0.2, 0.25) is 0 Å². The zero-order valence-corrected chi connectivity index (χ0v) is 19.3. The number of hydrogen-bond acceptors (Lipinski definition) is 7. The summed E-state index contributed by atoms with van der Waals surface area (Å²) in [6, 6.07) is 15.3. The Morgan fingerprint density at radius 3 is 2.37 bits per heavy atom. The van der Waals surface area contributed by atoms with Gasteiger partial charge in [-0.1, -0.05) is 0 Å². The van der Waals surface area contributed by atoms with E-state index in [9.17, 15) is 18.0 Å². The van der Waals surface area contributed by atoms with Gasteiger partial charge >= 0.3 is 0 Å². The van der Waals surface area contributed by atoms with E-state index in [1.165, 1.54) is 36.4 Å². The van der Waals surface area contributed by atoms with Crippen LogP contribution in [0.15, 0.2) is 65.6 Å². The SMILES string of the molecule is C[C@H]1Oc2ccc(NC(=O)c3ccc(NS(=O)(=O)c4ccc5c(c4)OCCO5)cc3)cc2NC1=O. The molecule has 0 fully saturated rings. The fourth-order valence-electron chi connectivity index (χ4n) is 3.58. The molecule has 5 rings (SSSR count). The Balaban J connectivity index is 1.26. The van der Waals surface area contributed by atoms with Gasteiger partial charge in [0.25, 0.3) is 21.8 Å². The van der Waals surface area contributed by atoms with Crippen LogP contribution in [0.3, 0.4) is 0 Å². The fraction of sp³-hybridized carbons (Fsp3) is 0.167. The minimum absolute atomic E-state index is 0.0291. The molecule has 35 heavy (non-hydrogen) atoms. The van der Waals surface area contributed by atoms with Gasteiger partial charge in [-0.2, -0.15) is 0 Å². The van der Waals surface area contributed by atoms with Crippen molar-refractivity contribution in [3.63, 3.8) is 0 Å². The molecule has 0 aliphatic carbocycles. The van der Waals surface area contributed by atoms with Crippen LogP contribution in [-0.2, 0) is 14.8 Å². The number of ether oxygens (including phenoxy) is 3. The minimum atomic E-state index is -3.88. The highest BCUT2D eigenvalue weighted by Crippen LogP contribution is 2.33. The highest BCUT2D eigenvalue weighted by molar-refractivity contribution is 7.92. The molecule has 0 spiro atoms. The Morgan fingerprint density at radius 1 is 0.914 bits per heavy atom. The third-order valence-corrected chi connectivity index (χ3v) is 6.77. The summed E-state index contributed by atoms with van der Waals surface area (Å²) in [7, 11) is -3.88. The van der Waals surface area contributed by atoms with Crippen molar-refractivity contribution >= 4 is 38.9 Å². The number of carbonyl (C=O) groups is 2. The summed E-state index contributed by atoms with van der Waals surface area (Å²) in [5, 5.41) is 5.47. The molecule has 2 aliphatic heterocycles. The van der Waals surface area contributed by atoms with Gasteiger partial charge in [-0.05, 0) is 61.5 Å². The number of carbonyl (C=O) groups excluding carboxylic acids is 2. The summed E-state index contributed by atoms with van der Waals surface area (Å²) in [6.07, 6.45) is -0.589. The molecular weight excluding hydrogens is 474 g/mol. The molecule has 0 unspecified atom stereocenters. The largest absolute Gasteiger partial charge is 0.486 e. The molecule has 180 valence electrons. The van der Waals surface area contributed by atoms with Gasteiger partial charge in [-0.15, -0.1) is 0 Å². The van der Waals surface area contributed by atoms with E-state index < -0.39 is 22.0 Å². The topological polar surface area (TPSA) is 132 Å². The van der Waals surface area contributed by atoms with Gasteiger partial charge < -0.3 is 24.8 Å². The molecule has 10 nitrogen and oxygen atoms in total. The van der Waals surface area contributed by atoms with Crippen LogP contribution in [0.1, 0.15) is 17.3 Å². The highest BCUT2D eigenvalue weighted by atomic mass is 32.2. The summed E-state index contributed by atoms with van der Waals surface area (Å²) in [6.45, 7) is 2.41. The Hall–Kier alpha value is -4.25.